The first kappa shape index (κ1) is 26.4. The van der Waals surface area contributed by atoms with Crippen LogP contribution in [0, 0.1) is 11.8 Å². The molecule has 7 nitrogen and oxygen atoms in total. The summed E-state index contributed by atoms with van der Waals surface area (Å²) >= 11 is 1.30. The van der Waals surface area contributed by atoms with Crippen LogP contribution in [0.3, 0.4) is 0 Å². The second-order valence-electron chi connectivity index (χ2n) is 9.90. The maximum Gasteiger partial charge on any atom is 0.353 e. The Morgan fingerprint density at radius 3 is 2.51 bits per heavy atom. The molecule has 0 spiro atoms. The number of Topliss-reactive ketones (excluding diaryl/α,β-unsaturated/α-hetero) is 1. The fraction of sp³-hybridized carbons (Fsp3) is 0.152. The highest BCUT2D eigenvalue weighted by atomic mass is 32.1. The molecule has 2 heterocycles. The number of methoxy groups -OCH3 is 1. The molecule has 1 amide bonds. The summed E-state index contributed by atoms with van der Waals surface area (Å²) in [5, 5.41) is 4.75. The van der Waals surface area contributed by atoms with Crippen LogP contribution < -0.4 is 14.8 Å². The number of esters is 1. The van der Waals surface area contributed by atoms with Crippen LogP contribution in [0.4, 0.5) is 5.69 Å². The number of amides is 1. The van der Waals surface area contributed by atoms with Crippen LogP contribution in [0.25, 0.3) is 6.08 Å². The van der Waals surface area contributed by atoms with Gasteiger partial charge in [-0.3, -0.25) is 9.59 Å². The third kappa shape index (κ3) is 5.88. The number of nitrogens with zero attached hydrogens (tertiary/aromatic N) is 1. The molecule has 1 aliphatic carbocycles. The zero-order valence-corrected chi connectivity index (χ0v) is 23.0. The van der Waals surface area contributed by atoms with Crippen LogP contribution >= 0.6 is 11.3 Å². The van der Waals surface area contributed by atoms with Crippen LogP contribution in [0.1, 0.15) is 32.8 Å². The Morgan fingerprint density at radius 1 is 0.976 bits per heavy atom. The third-order valence-electron chi connectivity index (χ3n) is 7.06. The molecule has 1 aliphatic heterocycles. The van der Waals surface area contributed by atoms with Crippen LogP contribution in [-0.4, -0.2) is 30.5 Å². The second kappa shape index (κ2) is 11.3. The van der Waals surface area contributed by atoms with E-state index in [1.165, 1.54) is 18.4 Å². The Kier molecular flexibility index (Phi) is 7.31. The fourth-order valence-electron chi connectivity index (χ4n) is 4.90. The Labute approximate surface area is 241 Å². The van der Waals surface area contributed by atoms with E-state index in [0.717, 1.165) is 23.3 Å². The van der Waals surface area contributed by atoms with E-state index in [0.29, 0.717) is 39.7 Å². The SMILES string of the molecule is COc1cc(/C=C2/N=C(c3ccc(NC(=O)Cc4ccccc4)cc3)C3CC3C2=O)ccc1OC(=O)c1cccs1. The Hall–Kier alpha value is -4.82. The van der Waals surface area contributed by atoms with E-state index >= 15 is 0 Å². The van der Waals surface area contributed by atoms with E-state index in [4.69, 9.17) is 14.5 Å². The summed E-state index contributed by atoms with van der Waals surface area (Å²) in [5.74, 6) is 0.188. The number of anilines is 1. The summed E-state index contributed by atoms with van der Waals surface area (Å²) < 4.78 is 11.0. The van der Waals surface area contributed by atoms with Crippen molar-refractivity contribution in [3.63, 3.8) is 0 Å². The highest BCUT2D eigenvalue weighted by Gasteiger charge is 2.50. The van der Waals surface area contributed by atoms with Gasteiger partial charge >= 0.3 is 5.97 Å². The first-order chi connectivity index (χ1) is 20.0. The van der Waals surface area contributed by atoms with Crippen molar-refractivity contribution in [1.82, 2.24) is 0 Å². The minimum Gasteiger partial charge on any atom is -0.493 e. The summed E-state index contributed by atoms with van der Waals surface area (Å²) in [4.78, 5) is 43.1. The maximum absolute atomic E-state index is 13.0. The predicted molar refractivity (Wildman–Crippen MR) is 159 cm³/mol. The lowest BCUT2D eigenvalue weighted by Gasteiger charge is -2.15. The first-order valence-corrected chi connectivity index (χ1v) is 14.1. The lowest BCUT2D eigenvalue weighted by molar-refractivity contribution is -0.117. The molecule has 2 atom stereocenters. The molecular formula is C33H26N2O5S. The van der Waals surface area contributed by atoms with Crippen LogP contribution in [0.5, 0.6) is 11.5 Å². The predicted octanol–water partition coefficient (Wildman–Crippen LogP) is 6.21. The van der Waals surface area contributed by atoms with Gasteiger partial charge < -0.3 is 14.8 Å². The number of benzene rings is 3. The van der Waals surface area contributed by atoms with Gasteiger partial charge in [0, 0.05) is 17.5 Å². The van der Waals surface area contributed by atoms with Crippen molar-refractivity contribution in [1.29, 1.82) is 0 Å². The van der Waals surface area contributed by atoms with Gasteiger partial charge in [-0.15, -0.1) is 11.3 Å². The summed E-state index contributed by atoms with van der Waals surface area (Å²) in [5.41, 5.74) is 4.54. The Bertz CT molecular complexity index is 1670. The molecule has 1 fully saturated rings. The number of rotatable bonds is 8. The van der Waals surface area contributed by atoms with Crippen molar-refractivity contribution in [3.8, 4) is 11.5 Å². The Morgan fingerprint density at radius 2 is 1.78 bits per heavy atom. The van der Waals surface area contributed by atoms with Crippen LogP contribution in [-0.2, 0) is 16.0 Å². The van der Waals surface area contributed by atoms with E-state index in [2.05, 4.69) is 5.32 Å². The van der Waals surface area contributed by atoms with Gasteiger partial charge in [-0.05, 0) is 64.9 Å². The molecule has 0 saturated heterocycles. The van der Waals surface area contributed by atoms with Crippen molar-refractivity contribution in [3.05, 3.63) is 118 Å². The smallest absolute Gasteiger partial charge is 0.353 e. The molecule has 1 aromatic heterocycles. The number of aliphatic imine (C=N–C) groups is 1. The van der Waals surface area contributed by atoms with Crippen molar-refractivity contribution in [2.75, 3.05) is 12.4 Å². The van der Waals surface area contributed by atoms with Gasteiger partial charge in [0.1, 0.15) is 10.6 Å². The standard InChI is InChI=1S/C33H26N2O5S/c1-39-28-17-21(9-14-27(28)40-33(38)29-8-5-15-41-29)16-26-32(37)25-19-24(25)31(35-26)22-10-12-23(13-11-22)34-30(36)18-20-6-3-2-4-7-20/h2-17,24-25H,18-19H2,1H3,(H,34,36)/b26-16+. The van der Waals surface area contributed by atoms with Crippen molar-refractivity contribution >= 4 is 46.5 Å². The minimum atomic E-state index is -0.456. The van der Waals surface area contributed by atoms with Gasteiger partial charge in [0.05, 0.1) is 19.2 Å². The molecule has 41 heavy (non-hydrogen) atoms. The summed E-state index contributed by atoms with van der Waals surface area (Å²) in [7, 11) is 1.50. The zero-order chi connectivity index (χ0) is 28.3. The van der Waals surface area contributed by atoms with Crippen LogP contribution in [0.15, 0.2) is 101 Å². The summed E-state index contributed by atoms with van der Waals surface area (Å²) in [6.45, 7) is 0. The molecule has 8 heteroatoms. The highest BCUT2D eigenvalue weighted by molar-refractivity contribution is 7.12. The van der Waals surface area contributed by atoms with Gasteiger partial charge in [0.2, 0.25) is 5.91 Å². The highest BCUT2D eigenvalue weighted by Crippen LogP contribution is 2.47. The number of allylic oxidation sites excluding steroid dienone is 1. The molecule has 0 bridgehead atoms. The minimum absolute atomic E-state index is 0.0238. The van der Waals surface area contributed by atoms with Crippen molar-refractivity contribution < 1.29 is 23.9 Å². The lowest BCUT2D eigenvalue weighted by atomic mass is 9.98. The molecule has 2 unspecified atom stereocenters. The number of carbonyl (C=O) groups excluding carboxylic acids is 3. The van der Waals surface area contributed by atoms with E-state index in [1.54, 1.807) is 36.4 Å². The van der Waals surface area contributed by atoms with Crippen molar-refractivity contribution in [2.24, 2.45) is 16.8 Å². The van der Waals surface area contributed by atoms with Crippen molar-refractivity contribution in [2.45, 2.75) is 12.8 Å². The van der Waals surface area contributed by atoms with Gasteiger partial charge in [0.15, 0.2) is 17.3 Å². The molecule has 3 aromatic carbocycles. The Balaban J connectivity index is 1.19. The molecular weight excluding hydrogens is 536 g/mol. The second-order valence-corrected chi connectivity index (χ2v) is 10.9. The molecule has 0 radical (unpaired) electrons. The monoisotopic (exact) mass is 562 g/mol. The van der Waals surface area contributed by atoms with Gasteiger partial charge in [-0.1, -0.05) is 54.6 Å². The number of ketones is 1. The number of fused-ring (bicyclic) bond motifs is 1. The van der Waals surface area contributed by atoms with E-state index in [-0.39, 0.29) is 23.5 Å². The number of carbonyl (C=O) groups is 3. The van der Waals surface area contributed by atoms with E-state index in [9.17, 15) is 14.4 Å². The number of hydrogen-bond acceptors (Lipinski definition) is 7. The molecule has 6 rings (SSSR count). The largest absolute Gasteiger partial charge is 0.493 e. The maximum atomic E-state index is 13.0. The lowest BCUT2D eigenvalue weighted by Crippen LogP contribution is -2.18. The zero-order valence-electron chi connectivity index (χ0n) is 22.2. The average Bonchev–Trinajstić information content (AvgIpc) is 3.60. The number of nitrogens with one attached hydrogen (secondary N) is 1. The van der Waals surface area contributed by atoms with Gasteiger partial charge in [-0.2, -0.15) is 0 Å². The number of thiophene rings is 1. The summed E-state index contributed by atoms with van der Waals surface area (Å²) in [6, 6.07) is 25.8. The summed E-state index contributed by atoms with van der Waals surface area (Å²) in [6.07, 6.45) is 2.81. The first-order valence-electron chi connectivity index (χ1n) is 13.2. The fourth-order valence-corrected chi connectivity index (χ4v) is 5.50. The molecule has 2 aliphatic rings. The number of ether oxygens (including phenoxy) is 2. The topological polar surface area (TPSA) is 94.1 Å². The van der Waals surface area contributed by atoms with Crippen LogP contribution in [0.2, 0.25) is 0 Å². The average molecular weight is 563 g/mol. The van der Waals surface area contributed by atoms with Gasteiger partial charge in [0.25, 0.3) is 0 Å². The molecule has 1 saturated carbocycles. The van der Waals surface area contributed by atoms with Gasteiger partial charge in [-0.25, -0.2) is 9.79 Å². The quantitative estimate of drug-likeness (QED) is 0.157. The normalized spacial score (nSPS) is 18.3. The third-order valence-corrected chi connectivity index (χ3v) is 7.91. The van der Waals surface area contributed by atoms with E-state index < -0.39 is 5.97 Å². The molecule has 4 aromatic rings. The van der Waals surface area contributed by atoms with E-state index in [1.807, 2.05) is 60.0 Å². The molecule has 1 N–H and O–H groups in total. The molecule has 204 valence electrons. The number of hydrogen-bond donors (Lipinski definition) is 1.